The molecule has 0 amide bonds. The molecule has 35 heavy (non-hydrogen) atoms. The molecular formula is C33H27OP. The summed E-state index contributed by atoms with van der Waals surface area (Å²) in [5.41, 5.74) is 4.59. The van der Waals surface area contributed by atoms with E-state index in [1.165, 1.54) is 11.1 Å². The minimum Gasteiger partial charge on any atom is -0.309 e. The minimum absolute atomic E-state index is 0.679. The lowest BCUT2D eigenvalue weighted by atomic mass is 9.96. The van der Waals surface area contributed by atoms with E-state index in [0.717, 1.165) is 27.0 Å². The zero-order valence-corrected chi connectivity index (χ0v) is 20.4. The third-order valence-electron chi connectivity index (χ3n) is 6.24. The highest BCUT2D eigenvalue weighted by Gasteiger charge is 2.31. The first-order valence-electron chi connectivity index (χ1n) is 11.9. The normalized spacial score (nSPS) is 11.8. The predicted octanol–water partition coefficient (Wildman–Crippen LogP) is 7.11. The smallest absolute Gasteiger partial charge is 0.171 e. The molecule has 0 saturated heterocycles. The molecule has 0 aliphatic carbocycles. The number of rotatable bonds is 7. The molecule has 0 N–H and O–H groups in total. The van der Waals surface area contributed by atoms with Crippen molar-refractivity contribution in [1.29, 1.82) is 0 Å². The minimum atomic E-state index is -3.07. The van der Waals surface area contributed by atoms with E-state index in [1.54, 1.807) is 0 Å². The Kier molecular flexibility index (Phi) is 6.89. The molecular weight excluding hydrogens is 443 g/mol. The second-order valence-corrected chi connectivity index (χ2v) is 11.3. The van der Waals surface area contributed by atoms with E-state index in [9.17, 15) is 0 Å². The van der Waals surface area contributed by atoms with Crippen molar-refractivity contribution in [1.82, 2.24) is 0 Å². The molecule has 0 saturated carbocycles. The van der Waals surface area contributed by atoms with Gasteiger partial charge < -0.3 is 4.57 Å². The summed E-state index contributed by atoms with van der Waals surface area (Å²) in [5.74, 6) is 0. The van der Waals surface area contributed by atoms with Crippen LogP contribution in [0.25, 0.3) is 11.6 Å². The third kappa shape index (κ3) is 4.97. The number of benzene rings is 5. The summed E-state index contributed by atoms with van der Waals surface area (Å²) in [7, 11) is -3.07. The zero-order chi connectivity index (χ0) is 23.9. The molecule has 1 nitrogen and oxygen atoms in total. The third-order valence-corrected chi connectivity index (χ3v) is 9.40. The van der Waals surface area contributed by atoms with E-state index in [4.69, 9.17) is 0 Å². The largest absolute Gasteiger partial charge is 0.309 e. The van der Waals surface area contributed by atoms with E-state index < -0.39 is 7.14 Å². The molecule has 0 bridgehead atoms. The van der Waals surface area contributed by atoms with Gasteiger partial charge in [0.05, 0.1) is 0 Å². The van der Waals surface area contributed by atoms with Crippen LogP contribution in [0, 0.1) is 0 Å². The Morgan fingerprint density at radius 1 is 0.543 bits per heavy atom. The topological polar surface area (TPSA) is 17.1 Å². The molecule has 170 valence electrons. The maximum atomic E-state index is 15.1. The molecule has 0 spiro atoms. The van der Waals surface area contributed by atoms with E-state index in [1.807, 2.05) is 91.0 Å². The van der Waals surface area contributed by atoms with Gasteiger partial charge in [-0.1, -0.05) is 152 Å². The highest BCUT2D eigenvalue weighted by atomic mass is 31.2. The van der Waals surface area contributed by atoms with Crippen LogP contribution in [-0.4, -0.2) is 0 Å². The maximum Gasteiger partial charge on any atom is 0.171 e. The van der Waals surface area contributed by atoms with Gasteiger partial charge in [-0.3, -0.25) is 0 Å². The van der Waals surface area contributed by atoms with Gasteiger partial charge in [-0.05, 0) is 28.7 Å². The van der Waals surface area contributed by atoms with Gasteiger partial charge in [0.15, 0.2) is 7.14 Å². The van der Waals surface area contributed by atoms with E-state index in [-0.39, 0.29) is 0 Å². The van der Waals surface area contributed by atoms with E-state index in [2.05, 4.69) is 60.7 Å². The highest BCUT2D eigenvalue weighted by Crippen LogP contribution is 2.43. The van der Waals surface area contributed by atoms with Crippen molar-refractivity contribution in [3.05, 3.63) is 162 Å². The SMILES string of the molecule is O=P(c1ccccc1)(c1ccccc1)c1ccccc1C/C(=C/c1ccccc1)c1ccccc1. The van der Waals surface area contributed by atoms with Crippen LogP contribution in [0.15, 0.2) is 146 Å². The van der Waals surface area contributed by atoms with Crippen molar-refractivity contribution in [3.63, 3.8) is 0 Å². The van der Waals surface area contributed by atoms with E-state index >= 15 is 4.57 Å². The molecule has 0 aliphatic heterocycles. The first-order valence-corrected chi connectivity index (χ1v) is 13.6. The summed E-state index contributed by atoms with van der Waals surface area (Å²) in [6, 6.07) is 48.8. The fraction of sp³-hybridized carbons (Fsp3) is 0.0303. The fourth-order valence-corrected chi connectivity index (χ4v) is 7.41. The Bertz CT molecular complexity index is 1410. The van der Waals surface area contributed by atoms with Crippen LogP contribution in [0.1, 0.15) is 16.7 Å². The number of allylic oxidation sites excluding steroid dienone is 1. The molecule has 0 fully saturated rings. The van der Waals surface area contributed by atoms with Gasteiger partial charge in [-0.25, -0.2) is 0 Å². The molecule has 0 aromatic heterocycles. The van der Waals surface area contributed by atoms with Gasteiger partial charge in [0.2, 0.25) is 0 Å². The maximum absolute atomic E-state index is 15.1. The van der Waals surface area contributed by atoms with Crippen LogP contribution in [-0.2, 0) is 11.0 Å². The lowest BCUT2D eigenvalue weighted by Crippen LogP contribution is -2.27. The Balaban J connectivity index is 1.67. The zero-order valence-electron chi connectivity index (χ0n) is 19.5. The van der Waals surface area contributed by atoms with Crippen LogP contribution in [0.3, 0.4) is 0 Å². The molecule has 0 atom stereocenters. The molecule has 2 heteroatoms. The second-order valence-electron chi connectivity index (χ2n) is 8.53. The van der Waals surface area contributed by atoms with Crippen molar-refractivity contribution >= 4 is 34.7 Å². The lowest BCUT2D eigenvalue weighted by molar-refractivity contribution is 0.592. The van der Waals surface area contributed by atoms with Crippen molar-refractivity contribution in [2.24, 2.45) is 0 Å². The van der Waals surface area contributed by atoms with Gasteiger partial charge >= 0.3 is 0 Å². The summed E-state index contributed by atoms with van der Waals surface area (Å²) in [4.78, 5) is 0. The Labute approximate surface area is 207 Å². The Morgan fingerprint density at radius 2 is 1.00 bits per heavy atom. The quantitative estimate of drug-likeness (QED) is 0.183. The van der Waals surface area contributed by atoms with Crippen LogP contribution in [0.5, 0.6) is 0 Å². The van der Waals surface area contributed by atoms with Crippen molar-refractivity contribution in [2.45, 2.75) is 6.42 Å². The summed E-state index contributed by atoms with van der Waals surface area (Å²) >= 11 is 0. The molecule has 0 heterocycles. The Morgan fingerprint density at radius 3 is 1.57 bits per heavy atom. The lowest BCUT2D eigenvalue weighted by Gasteiger charge is -2.23. The summed E-state index contributed by atoms with van der Waals surface area (Å²) in [6.45, 7) is 0. The van der Waals surface area contributed by atoms with Gasteiger partial charge in [-0.15, -0.1) is 0 Å². The van der Waals surface area contributed by atoms with Gasteiger partial charge in [0.25, 0.3) is 0 Å². The average Bonchev–Trinajstić information content (AvgIpc) is 2.94. The molecule has 0 radical (unpaired) electrons. The van der Waals surface area contributed by atoms with Crippen LogP contribution >= 0.6 is 7.14 Å². The van der Waals surface area contributed by atoms with Crippen molar-refractivity contribution in [2.75, 3.05) is 0 Å². The van der Waals surface area contributed by atoms with Gasteiger partial charge in [-0.2, -0.15) is 0 Å². The predicted molar refractivity (Wildman–Crippen MR) is 150 cm³/mol. The summed E-state index contributed by atoms with van der Waals surface area (Å²) in [6.07, 6.45) is 2.92. The molecule has 5 aromatic rings. The first-order chi connectivity index (χ1) is 17.2. The summed E-state index contributed by atoms with van der Waals surface area (Å²) in [5, 5.41) is 2.60. The highest BCUT2D eigenvalue weighted by molar-refractivity contribution is 7.85. The van der Waals surface area contributed by atoms with Crippen LogP contribution in [0.4, 0.5) is 0 Å². The monoisotopic (exact) mass is 470 g/mol. The first kappa shape index (κ1) is 22.8. The van der Waals surface area contributed by atoms with Crippen molar-refractivity contribution < 1.29 is 4.57 Å². The van der Waals surface area contributed by atoms with Gasteiger partial charge in [0.1, 0.15) is 0 Å². The Hall–Kier alpha value is -3.93. The molecule has 0 aliphatic rings. The number of hydrogen-bond donors (Lipinski definition) is 0. The average molecular weight is 471 g/mol. The fourth-order valence-electron chi connectivity index (χ4n) is 4.51. The van der Waals surface area contributed by atoms with Crippen LogP contribution in [0.2, 0.25) is 0 Å². The molecule has 5 aromatic carbocycles. The standard InChI is InChI=1S/C33H27OP/c34-35(31-20-9-3-10-21-31,32-22-11-4-12-23-32)33-24-14-13-19-29(33)26-30(28-17-7-2-8-18-28)25-27-15-5-1-6-16-27/h1-25H,26H2/b30-25-. The molecule has 5 rings (SSSR count). The second kappa shape index (κ2) is 10.6. The van der Waals surface area contributed by atoms with Crippen LogP contribution < -0.4 is 15.9 Å². The summed E-state index contributed by atoms with van der Waals surface area (Å²) < 4.78 is 15.1. The van der Waals surface area contributed by atoms with Gasteiger partial charge in [0, 0.05) is 15.9 Å². The number of hydrogen-bond acceptors (Lipinski definition) is 1. The van der Waals surface area contributed by atoms with E-state index in [0.29, 0.717) is 6.42 Å². The van der Waals surface area contributed by atoms with Crippen molar-refractivity contribution in [3.8, 4) is 0 Å². The molecule has 0 unspecified atom stereocenters.